The Balaban J connectivity index is 2.28. The zero-order valence-corrected chi connectivity index (χ0v) is 7.87. The van der Waals surface area contributed by atoms with E-state index in [9.17, 15) is 13.2 Å². The maximum absolute atomic E-state index is 11.8. The van der Waals surface area contributed by atoms with Gasteiger partial charge in [0.1, 0.15) is 0 Å². The molecule has 15 heavy (non-hydrogen) atoms. The van der Waals surface area contributed by atoms with Crippen LogP contribution in [0.15, 0.2) is 30.3 Å². The summed E-state index contributed by atoms with van der Waals surface area (Å²) < 4.78 is 40.3. The quantitative estimate of drug-likeness (QED) is 0.842. The molecule has 0 aliphatic carbocycles. The molecule has 2 nitrogen and oxygen atoms in total. The molecule has 84 valence electrons. The summed E-state index contributed by atoms with van der Waals surface area (Å²) in [6, 6.07) is 8.80. The predicted molar refractivity (Wildman–Crippen MR) is 48.2 cm³/mol. The van der Waals surface area contributed by atoms with Crippen molar-refractivity contribution in [3.05, 3.63) is 35.9 Å². The molecule has 1 aromatic rings. The Bertz CT molecular complexity index is 284. The number of aliphatic hydroxyl groups excluding tert-OH is 1. The molecule has 1 atom stereocenters. The summed E-state index contributed by atoms with van der Waals surface area (Å²) in [5.41, 5.74) is 0.770. The molecule has 0 spiro atoms. The van der Waals surface area contributed by atoms with Crippen LogP contribution in [0.4, 0.5) is 13.2 Å². The lowest BCUT2D eigenvalue weighted by Crippen LogP contribution is -2.32. The van der Waals surface area contributed by atoms with E-state index in [1.807, 2.05) is 0 Å². The van der Waals surface area contributed by atoms with Gasteiger partial charge in [0, 0.05) is 0 Å². The molecule has 0 heterocycles. The lowest BCUT2D eigenvalue weighted by atomic mass is 10.2. The third-order valence-electron chi connectivity index (χ3n) is 1.77. The second-order valence-corrected chi connectivity index (χ2v) is 3.06. The van der Waals surface area contributed by atoms with Gasteiger partial charge in [0.05, 0.1) is 13.2 Å². The first-order chi connectivity index (χ1) is 7.00. The van der Waals surface area contributed by atoms with E-state index in [-0.39, 0.29) is 6.61 Å². The molecule has 0 fully saturated rings. The second kappa shape index (κ2) is 5.14. The van der Waals surface area contributed by atoms with E-state index in [0.29, 0.717) is 0 Å². The van der Waals surface area contributed by atoms with Crippen LogP contribution in [-0.4, -0.2) is 24.0 Å². The van der Waals surface area contributed by atoms with Gasteiger partial charge in [0.25, 0.3) is 0 Å². The fourth-order valence-corrected chi connectivity index (χ4v) is 0.957. The molecule has 0 radical (unpaired) electrons. The molecule has 0 aromatic heterocycles. The number of hydrogen-bond donors (Lipinski definition) is 1. The molecule has 5 heteroatoms. The Kier molecular flexibility index (Phi) is 4.11. The predicted octanol–water partition coefficient (Wildman–Crippen LogP) is 2.13. The Hall–Kier alpha value is -1.07. The van der Waals surface area contributed by atoms with Gasteiger partial charge in [0.15, 0.2) is 6.10 Å². The summed E-state index contributed by atoms with van der Waals surface area (Å²) in [6.07, 6.45) is -7.03. The summed E-state index contributed by atoms with van der Waals surface area (Å²) in [5, 5.41) is 8.61. The summed E-state index contributed by atoms with van der Waals surface area (Å²) >= 11 is 0. The molecular formula is C10H11F3O2. The zero-order valence-electron chi connectivity index (χ0n) is 7.87. The highest BCUT2D eigenvalue weighted by molar-refractivity contribution is 5.13. The van der Waals surface area contributed by atoms with E-state index in [4.69, 9.17) is 9.84 Å². The minimum atomic E-state index is -4.61. The third kappa shape index (κ3) is 4.31. The minimum absolute atomic E-state index is 0.0635. The number of benzene rings is 1. The Labute approximate surface area is 85.3 Å². The van der Waals surface area contributed by atoms with Gasteiger partial charge in [-0.1, -0.05) is 30.3 Å². The molecule has 0 amide bonds. The standard InChI is InChI=1S/C10H11F3O2/c11-10(12,13)9(14)7-15-6-8-4-2-1-3-5-8/h1-5,9,14H,6-7H2. The highest BCUT2D eigenvalue weighted by Crippen LogP contribution is 2.20. The van der Waals surface area contributed by atoms with Gasteiger partial charge in [-0.05, 0) is 5.56 Å². The number of hydrogen-bond acceptors (Lipinski definition) is 2. The Morgan fingerprint density at radius 2 is 1.80 bits per heavy atom. The van der Waals surface area contributed by atoms with Gasteiger partial charge in [-0.15, -0.1) is 0 Å². The van der Waals surface area contributed by atoms with Crippen molar-refractivity contribution in [2.45, 2.75) is 18.9 Å². The topological polar surface area (TPSA) is 29.5 Å². The monoisotopic (exact) mass is 220 g/mol. The van der Waals surface area contributed by atoms with Crippen LogP contribution in [0.1, 0.15) is 5.56 Å². The lowest BCUT2D eigenvalue weighted by molar-refractivity contribution is -0.218. The maximum atomic E-state index is 11.8. The number of halogens is 3. The summed E-state index contributed by atoms with van der Waals surface area (Å²) in [7, 11) is 0. The Morgan fingerprint density at radius 1 is 1.20 bits per heavy atom. The van der Waals surface area contributed by atoms with E-state index in [2.05, 4.69) is 0 Å². The Morgan fingerprint density at radius 3 is 2.33 bits per heavy atom. The van der Waals surface area contributed by atoms with Crippen LogP contribution in [0.2, 0.25) is 0 Å². The summed E-state index contributed by atoms with van der Waals surface area (Å²) in [5.74, 6) is 0. The lowest BCUT2D eigenvalue weighted by Gasteiger charge is -2.14. The van der Waals surface area contributed by atoms with Crippen LogP contribution < -0.4 is 0 Å². The highest BCUT2D eigenvalue weighted by atomic mass is 19.4. The van der Waals surface area contributed by atoms with E-state index >= 15 is 0 Å². The van der Waals surface area contributed by atoms with Crippen molar-refractivity contribution in [1.29, 1.82) is 0 Å². The maximum Gasteiger partial charge on any atom is 0.416 e. The first kappa shape index (κ1) is 12.0. The number of aliphatic hydroxyl groups is 1. The first-order valence-electron chi connectivity index (χ1n) is 4.36. The van der Waals surface area contributed by atoms with Crippen LogP contribution in [-0.2, 0) is 11.3 Å². The molecule has 0 aliphatic heterocycles. The van der Waals surface area contributed by atoms with Crippen LogP contribution >= 0.6 is 0 Å². The van der Waals surface area contributed by atoms with E-state index in [0.717, 1.165) is 5.56 Å². The van der Waals surface area contributed by atoms with Crippen LogP contribution in [0.5, 0.6) is 0 Å². The minimum Gasteiger partial charge on any atom is -0.382 e. The molecule has 1 N–H and O–H groups in total. The van der Waals surface area contributed by atoms with Gasteiger partial charge >= 0.3 is 6.18 Å². The van der Waals surface area contributed by atoms with E-state index < -0.39 is 18.9 Å². The van der Waals surface area contributed by atoms with Gasteiger partial charge in [-0.25, -0.2) is 0 Å². The SMILES string of the molecule is OC(COCc1ccccc1)C(F)(F)F. The van der Waals surface area contributed by atoms with Crippen molar-refractivity contribution >= 4 is 0 Å². The zero-order chi connectivity index (χ0) is 11.3. The van der Waals surface area contributed by atoms with Crippen LogP contribution in [0.25, 0.3) is 0 Å². The van der Waals surface area contributed by atoms with Gasteiger partial charge in [-0.3, -0.25) is 0 Å². The van der Waals surface area contributed by atoms with E-state index in [1.54, 1.807) is 30.3 Å². The van der Waals surface area contributed by atoms with Gasteiger partial charge < -0.3 is 9.84 Å². The number of rotatable bonds is 4. The largest absolute Gasteiger partial charge is 0.416 e. The van der Waals surface area contributed by atoms with Crippen molar-refractivity contribution in [3.8, 4) is 0 Å². The van der Waals surface area contributed by atoms with Gasteiger partial charge in [0.2, 0.25) is 0 Å². The van der Waals surface area contributed by atoms with Crippen molar-refractivity contribution in [2.24, 2.45) is 0 Å². The molecule has 0 bridgehead atoms. The van der Waals surface area contributed by atoms with Crippen molar-refractivity contribution in [1.82, 2.24) is 0 Å². The summed E-state index contributed by atoms with van der Waals surface area (Å²) in [6.45, 7) is -0.674. The molecule has 1 aromatic carbocycles. The average molecular weight is 220 g/mol. The third-order valence-corrected chi connectivity index (χ3v) is 1.77. The summed E-state index contributed by atoms with van der Waals surface area (Å²) in [4.78, 5) is 0. The smallest absolute Gasteiger partial charge is 0.382 e. The molecular weight excluding hydrogens is 209 g/mol. The van der Waals surface area contributed by atoms with E-state index in [1.165, 1.54) is 0 Å². The van der Waals surface area contributed by atoms with Crippen molar-refractivity contribution < 1.29 is 23.0 Å². The van der Waals surface area contributed by atoms with Crippen LogP contribution in [0, 0.1) is 0 Å². The fourth-order valence-electron chi connectivity index (χ4n) is 0.957. The molecule has 0 aliphatic rings. The molecule has 1 unspecified atom stereocenters. The molecule has 0 saturated heterocycles. The number of ether oxygens (including phenoxy) is 1. The van der Waals surface area contributed by atoms with Crippen molar-refractivity contribution in [3.63, 3.8) is 0 Å². The normalized spacial score (nSPS) is 13.9. The molecule has 0 saturated carbocycles. The highest BCUT2D eigenvalue weighted by Gasteiger charge is 2.38. The van der Waals surface area contributed by atoms with Crippen molar-refractivity contribution in [2.75, 3.05) is 6.61 Å². The second-order valence-electron chi connectivity index (χ2n) is 3.06. The van der Waals surface area contributed by atoms with Gasteiger partial charge in [-0.2, -0.15) is 13.2 Å². The van der Waals surface area contributed by atoms with Crippen LogP contribution in [0.3, 0.4) is 0 Å². The number of alkyl halides is 3. The first-order valence-corrected chi connectivity index (χ1v) is 4.36. The average Bonchev–Trinajstić information content (AvgIpc) is 2.18. The fraction of sp³-hybridized carbons (Fsp3) is 0.400. The molecule has 1 rings (SSSR count).